The van der Waals surface area contributed by atoms with E-state index in [1.54, 1.807) is 18.3 Å². The molecule has 4 nitrogen and oxygen atoms in total. The van der Waals surface area contributed by atoms with E-state index in [2.05, 4.69) is 27.0 Å². The van der Waals surface area contributed by atoms with Crippen LogP contribution in [0.5, 0.6) is 0 Å². The Kier molecular flexibility index (Phi) is 4.01. The predicted molar refractivity (Wildman–Crippen MR) is 96.6 cm³/mol. The van der Waals surface area contributed by atoms with Gasteiger partial charge in [0, 0.05) is 56.7 Å². The van der Waals surface area contributed by atoms with Gasteiger partial charge in [0.15, 0.2) is 0 Å². The molecule has 0 aliphatic carbocycles. The Labute approximate surface area is 149 Å². The molecule has 1 aliphatic heterocycles. The van der Waals surface area contributed by atoms with Gasteiger partial charge < -0.3 is 14.4 Å². The molecule has 4 rings (SSSR count). The van der Waals surface area contributed by atoms with Crippen LogP contribution in [0.1, 0.15) is 5.56 Å². The van der Waals surface area contributed by atoms with Gasteiger partial charge in [-0.2, -0.15) is 13.2 Å². The lowest BCUT2D eigenvalue weighted by atomic mass is 10.1. The van der Waals surface area contributed by atoms with E-state index in [-0.39, 0.29) is 0 Å². The predicted octanol–water partition coefficient (Wildman–Crippen LogP) is 3.92. The second-order valence-electron chi connectivity index (χ2n) is 6.52. The Morgan fingerprint density at radius 3 is 2.23 bits per heavy atom. The largest absolute Gasteiger partial charge is 0.416 e. The maximum absolute atomic E-state index is 12.7. The summed E-state index contributed by atoms with van der Waals surface area (Å²) in [7, 11) is 1.98. The lowest BCUT2D eigenvalue weighted by Crippen LogP contribution is -2.46. The van der Waals surface area contributed by atoms with Gasteiger partial charge in [0.2, 0.25) is 0 Å². The third kappa shape index (κ3) is 2.98. The van der Waals surface area contributed by atoms with Crippen molar-refractivity contribution >= 4 is 22.4 Å². The molecule has 1 aromatic carbocycles. The summed E-state index contributed by atoms with van der Waals surface area (Å²) < 4.78 is 40.1. The number of halogens is 3. The fraction of sp³-hybridized carbons (Fsp3) is 0.316. The van der Waals surface area contributed by atoms with Gasteiger partial charge >= 0.3 is 6.18 Å². The molecule has 1 aliphatic rings. The van der Waals surface area contributed by atoms with Crippen molar-refractivity contribution in [3.63, 3.8) is 0 Å². The minimum absolute atomic E-state index is 0.608. The topological polar surface area (TPSA) is 24.3 Å². The van der Waals surface area contributed by atoms with Crippen molar-refractivity contribution in [1.82, 2.24) is 9.55 Å². The highest BCUT2D eigenvalue weighted by atomic mass is 19.4. The van der Waals surface area contributed by atoms with Crippen LogP contribution in [-0.2, 0) is 13.2 Å². The molecule has 0 bridgehead atoms. The lowest BCUT2D eigenvalue weighted by molar-refractivity contribution is -0.137. The number of anilines is 2. The number of hydrogen-bond acceptors (Lipinski definition) is 3. The molecule has 2 aromatic heterocycles. The van der Waals surface area contributed by atoms with E-state index in [1.807, 2.05) is 17.7 Å². The SMILES string of the molecule is Cn1cc(N2CCN(c3ccc(C(F)(F)F)cc3)CC2)c2cccnc21. The van der Waals surface area contributed by atoms with Gasteiger partial charge in [-0.3, -0.25) is 0 Å². The summed E-state index contributed by atoms with van der Waals surface area (Å²) in [6.45, 7) is 3.16. The van der Waals surface area contributed by atoms with Gasteiger partial charge in [0.05, 0.1) is 11.3 Å². The number of nitrogens with zero attached hydrogens (tertiary/aromatic N) is 4. The van der Waals surface area contributed by atoms with Crippen LogP contribution in [0.4, 0.5) is 24.5 Å². The molecule has 1 saturated heterocycles. The molecule has 136 valence electrons. The maximum Gasteiger partial charge on any atom is 0.416 e. The maximum atomic E-state index is 12.7. The van der Waals surface area contributed by atoms with Gasteiger partial charge in [0.25, 0.3) is 0 Å². The van der Waals surface area contributed by atoms with E-state index in [1.165, 1.54) is 0 Å². The van der Waals surface area contributed by atoms with Crippen molar-refractivity contribution < 1.29 is 13.2 Å². The van der Waals surface area contributed by atoms with Crippen LogP contribution in [-0.4, -0.2) is 35.7 Å². The number of alkyl halides is 3. The van der Waals surface area contributed by atoms with E-state index in [0.29, 0.717) is 0 Å². The number of piperazine rings is 1. The third-order valence-electron chi connectivity index (χ3n) is 4.89. The number of benzene rings is 1. The molecule has 3 aromatic rings. The molecule has 0 amide bonds. The van der Waals surface area contributed by atoms with Crippen LogP contribution in [0.2, 0.25) is 0 Å². The summed E-state index contributed by atoms with van der Waals surface area (Å²) in [4.78, 5) is 8.86. The zero-order valence-electron chi connectivity index (χ0n) is 14.4. The number of aromatic nitrogens is 2. The van der Waals surface area contributed by atoms with E-state index in [9.17, 15) is 13.2 Å². The van der Waals surface area contributed by atoms with Crippen LogP contribution in [0, 0.1) is 0 Å². The first kappa shape index (κ1) is 16.8. The molecule has 0 N–H and O–H groups in total. The number of fused-ring (bicyclic) bond motifs is 1. The standard InChI is InChI=1S/C19H19F3N4/c1-24-13-17(16-3-2-8-23-18(16)24)26-11-9-25(10-12-26)15-6-4-14(5-7-15)19(20,21)22/h2-8,13H,9-12H2,1H3. The van der Waals surface area contributed by atoms with E-state index in [0.717, 1.165) is 60.7 Å². The van der Waals surface area contributed by atoms with Crippen molar-refractivity contribution in [1.29, 1.82) is 0 Å². The minimum Gasteiger partial charge on any atom is -0.368 e. The first-order valence-electron chi connectivity index (χ1n) is 8.51. The van der Waals surface area contributed by atoms with Crippen LogP contribution >= 0.6 is 0 Å². The van der Waals surface area contributed by atoms with Gasteiger partial charge in [0.1, 0.15) is 5.65 Å². The first-order chi connectivity index (χ1) is 12.4. The fourth-order valence-electron chi connectivity index (χ4n) is 3.51. The van der Waals surface area contributed by atoms with Crippen molar-refractivity contribution in [2.75, 3.05) is 36.0 Å². The Bertz CT molecular complexity index is 907. The average Bonchev–Trinajstić information content (AvgIpc) is 2.99. The Morgan fingerprint density at radius 2 is 1.58 bits per heavy atom. The van der Waals surface area contributed by atoms with E-state index >= 15 is 0 Å². The van der Waals surface area contributed by atoms with Gasteiger partial charge in [-0.1, -0.05) is 0 Å². The number of aryl methyl sites for hydroxylation is 1. The molecule has 26 heavy (non-hydrogen) atoms. The highest BCUT2D eigenvalue weighted by molar-refractivity contribution is 5.91. The average molecular weight is 360 g/mol. The molecule has 0 unspecified atom stereocenters. The van der Waals surface area contributed by atoms with Crippen molar-refractivity contribution in [2.24, 2.45) is 7.05 Å². The molecular formula is C19H19F3N4. The molecule has 0 radical (unpaired) electrons. The Balaban J connectivity index is 1.49. The zero-order chi connectivity index (χ0) is 18.3. The normalized spacial score (nSPS) is 15.7. The summed E-state index contributed by atoms with van der Waals surface area (Å²) >= 11 is 0. The summed E-state index contributed by atoms with van der Waals surface area (Å²) in [6.07, 6.45) is -0.417. The highest BCUT2D eigenvalue weighted by Gasteiger charge is 2.30. The Hall–Kier alpha value is -2.70. The molecular weight excluding hydrogens is 341 g/mol. The molecule has 0 atom stereocenters. The van der Waals surface area contributed by atoms with Crippen LogP contribution in [0.15, 0.2) is 48.8 Å². The van der Waals surface area contributed by atoms with Gasteiger partial charge in [-0.05, 0) is 36.4 Å². The summed E-state index contributed by atoms with van der Waals surface area (Å²) in [5.74, 6) is 0. The van der Waals surface area contributed by atoms with Crippen molar-refractivity contribution in [3.8, 4) is 0 Å². The second-order valence-corrected chi connectivity index (χ2v) is 6.52. The number of pyridine rings is 1. The third-order valence-corrected chi connectivity index (χ3v) is 4.89. The first-order valence-corrected chi connectivity index (χ1v) is 8.51. The van der Waals surface area contributed by atoms with E-state index in [4.69, 9.17) is 0 Å². The second kappa shape index (κ2) is 6.23. The molecule has 0 saturated carbocycles. The quantitative estimate of drug-likeness (QED) is 0.692. The van der Waals surface area contributed by atoms with Crippen LogP contribution < -0.4 is 9.80 Å². The monoisotopic (exact) mass is 360 g/mol. The minimum atomic E-state index is -4.29. The van der Waals surface area contributed by atoms with E-state index < -0.39 is 11.7 Å². The highest BCUT2D eigenvalue weighted by Crippen LogP contribution is 2.32. The summed E-state index contributed by atoms with van der Waals surface area (Å²) in [5, 5.41) is 1.12. The molecule has 7 heteroatoms. The van der Waals surface area contributed by atoms with Crippen molar-refractivity contribution in [3.05, 3.63) is 54.4 Å². The van der Waals surface area contributed by atoms with Gasteiger partial charge in [-0.25, -0.2) is 4.98 Å². The smallest absolute Gasteiger partial charge is 0.368 e. The molecule has 3 heterocycles. The van der Waals surface area contributed by atoms with Gasteiger partial charge in [-0.15, -0.1) is 0 Å². The van der Waals surface area contributed by atoms with Crippen molar-refractivity contribution in [2.45, 2.75) is 6.18 Å². The molecule has 0 spiro atoms. The Morgan fingerprint density at radius 1 is 0.923 bits per heavy atom. The number of hydrogen-bond donors (Lipinski definition) is 0. The molecule has 1 fully saturated rings. The van der Waals surface area contributed by atoms with Crippen LogP contribution in [0.25, 0.3) is 11.0 Å². The van der Waals surface area contributed by atoms with Crippen LogP contribution in [0.3, 0.4) is 0 Å². The lowest BCUT2D eigenvalue weighted by Gasteiger charge is -2.37. The summed E-state index contributed by atoms with van der Waals surface area (Å²) in [5.41, 5.74) is 2.33. The number of rotatable bonds is 2. The fourth-order valence-corrected chi connectivity index (χ4v) is 3.51. The zero-order valence-corrected chi connectivity index (χ0v) is 14.4. The summed E-state index contributed by atoms with van der Waals surface area (Å²) in [6, 6.07) is 9.42.